The number of rotatable bonds is 7. The van der Waals surface area contributed by atoms with Crippen LogP contribution in [-0.4, -0.2) is 67.9 Å². The number of hydrogen-bond acceptors (Lipinski definition) is 6. The second-order valence-electron chi connectivity index (χ2n) is 7.07. The number of likely N-dealkylation sites (tertiary alicyclic amines) is 1. The van der Waals surface area contributed by atoms with Crippen LogP contribution in [0.2, 0.25) is 0 Å². The van der Waals surface area contributed by atoms with Gasteiger partial charge in [0.1, 0.15) is 5.52 Å². The summed E-state index contributed by atoms with van der Waals surface area (Å²) in [5.74, 6) is -0.811. The minimum Gasteiger partial charge on any atom is -0.434 e. The Kier molecular flexibility index (Phi) is 6.70. The van der Waals surface area contributed by atoms with Crippen LogP contribution in [0.3, 0.4) is 0 Å². The lowest BCUT2D eigenvalue weighted by Gasteiger charge is -2.21. The van der Waals surface area contributed by atoms with Crippen LogP contribution in [0.25, 0.3) is 11.1 Å². The molecule has 1 unspecified atom stereocenters. The first kappa shape index (κ1) is 21.8. The van der Waals surface area contributed by atoms with Crippen LogP contribution in [0.15, 0.2) is 33.1 Å². The Hall–Kier alpha value is -2.95. The van der Waals surface area contributed by atoms with Gasteiger partial charge in [-0.05, 0) is 31.4 Å². The Balaban J connectivity index is 1.64. The van der Waals surface area contributed by atoms with Crippen LogP contribution < -0.4 is 10.6 Å². The molecule has 0 aliphatic carbocycles. The van der Waals surface area contributed by atoms with Crippen LogP contribution in [-0.2, 0) is 14.8 Å². The third-order valence-electron chi connectivity index (χ3n) is 4.63. The molecule has 3 rings (SSSR count). The highest BCUT2D eigenvalue weighted by molar-refractivity contribution is 7.89. The normalized spacial score (nSPS) is 15.9. The van der Waals surface area contributed by atoms with Gasteiger partial charge in [-0.15, -0.1) is 4.40 Å². The van der Waals surface area contributed by atoms with E-state index in [1.807, 2.05) is 0 Å². The largest absolute Gasteiger partial charge is 0.434 e. The Bertz CT molecular complexity index is 1020. The molecule has 1 aromatic heterocycles. The molecule has 1 fully saturated rings. The number of oxazole rings is 1. The molecule has 162 valence electrons. The Morgan fingerprint density at radius 3 is 2.60 bits per heavy atom. The molecule has 1 atom stereocenters. The van der Waals surface area contributed by atoms with Crippen molar-refractivity contribution in [3.05, 3.63) is 30.2 Å². The number of ketones is 1. The third-order valence-corrected chi connectivity index (χ3v) is 5.13. The van der Waals surface area contributed by atoms with E-state index >= 15 is 0 Å². The second-order valence-corrected chi connectivity index (χ2v) is 8.72. The zero-order chi connectivity index (χ0) is 21.7. The molecule has 10 nitrogen and oxygen atoms in total. The van der Waals surface area contributed by atoms with Crippen molar-refractivity contribution in [2.75, 3.05) is 25.9 Å². The Labute approximate surface area is 174 Å². The molecule has 1 saturated heterocycles. The Morgan fingerprint density at radius 1 is 1.27 bits per heavy atom. The van der Waals surface area contributed by atoms with E-state index in [0.717, 1.165) is 19.1 Å². The van der Waals surface area contributed by atoms with Crippen molar-refractivity contribution in [3.8, 4) is 0 Å². The fraction of sp³-hybridized carbons (Fsp3) is 0.474. The number of fused-ring (bicyclic) bond motifs is 1. The predicted octanol–water partition coefficient (Wildman–Crippen LogP) is 0.906. The number of guanidine groups is 1. The summed E-state index contributed by atoms with van der Waals surface area (Å²) < 4.78 is 32.3. The summed E-state index contributed by atoms with van der Waals surface area (Å²) in [4.78, 5) is 31.1. The van der Waals surface area contributed by atoms with E-state index in [-0.39, 0.29) is 18.4 Å². The fourth-order valence-corrected chi connectivity index (χ4v) is 3.67. The lowest BCUT2D eigenvalue weighted by molar-refractivity contribution is -0.120. The summed E-state index contributed by atoms with van der Waals surface area (Å²) in [7, 11) is -3.62. The van der Waals surface area contributed by atoms with Gasteiger partial charge in [-0.1, -0.05) is 19.1 Å². The van der Waals surface area contributed by atoms with Gasteiger partial charge in [0.25, 0.3) is 15.9 Å². The maximum Gasteiger partial charge on any atom is 0.266 e. The SMILES string of the molecule is CCC(NC(=O)CN/C(=N/S(C)(=O)=O)N1CCCC1)C(=O)c1nc2ccccc2o1. The molecule has 1 amide bonds. The minimum atomic E-state index is -3.62. The minimum absolute atomic E-state index is 0.0623. The molecular formula is C19H25N5O5S. The van der Waals surface area contributed by atoms with Crippen LogP contribution >= 0.6 is 0 Å². The van der Waals surface area contributed by atoms with Crippen molar-refractivity contribution in [3.63, 3.8) is 0 Å². The van der Waals surface area contributed by atoms with Gasteiger partial charge in [0.2, 0.25) is 17.6 Å². The molecule has 30 heavy (non-hydrogen) atoms. The number of nitrogens with zero attached hydrogens (tertiary/aromatic N) is 3. The molecule has 1 aliphatic rings. The number of aromatic nitrogens is 1. The van der Waals surface area contributed by atoms with Crippen LogP contribution in [0, 0.1) is 0 Å². The number of para-hydroxylation sites is 2. The number of nitrogens with one attached hydrogen (secondary N) is 2. The van der Waals surface area contributed by atoms with E-state index in [9.17, 15) is 18.0 Å². The van der Waals surface area contributed by atoms with Crippen molar-refractivity contribution in [1.29, 1.82) is 0 Å². The van der Waals surface area contributed by atoms with Crippen molar-refractivity contribution >= 4 is 38.8 Å². The smallest absolute Gasteiger partial charge is 0.266 e. The summed E-state index contributed by atoms with van der Waals surface area (Å²) in [6.07, 6.45) is 3.19. The third kappa shape index (κ3) is 5.56. The lowest BCUT2D eigenvalue weighted by Crippen LogP contribution is -2.48. The first-order chi connectivity index (χ1) is 14.3. The zero-order valence-electron chi connectivity index (χ0n) is 16.9. The van der Waals surface area contributed by atoms with Crippen molar-refractivity contribution < 1.29 is 22.4 Å². The summed E-state index contributed by atoms with van der Waals surface area (Å²) in [5, 5.41) is 5.43. The number of amides is 1. The van der Waals surface area contributed by atoms with E-state index < -0.39 is 27.8 Å². The molecule has 2 N–H and O–H groups in total. The Morgan fingerprint density at radius 2 is 1.97 bits per heavy atom. The highest BCUT2D eigenvalue weighted by Gasteiger charge is 2.26. The first-order valence-corrected chi connectivity index (χ1v) is 11.6. The molecule has 2 aromatic rings. The number of hydrogen-bond donors (Lipinski definition) is 2. The molecule has 0 radical (unpaired) electrons. The van der Waals surface area contributed by atoms with E-state index in [0.29, 0.717) is 30.6 Å². The maximum absolute atomic E-state index is 12.7. The van der Waals surface area contributed by atoms with E-state index in [1.165, 1.54) is 0 Å². The maximum atomic E-state index is 12.7. The van der Waals surface area contributed by atoms with Gasteiger partial charge in [-0.3, -0.25) is 9.59 Å². The first-order valence-electron chi connectivity index (χ1n) is 9.74. The zero-order valence-corrected chi connectivity index (χ0v) is 17.7. The molecule has 0 spiro atoms. The molecule has 11 heteroatoms. The van der Waals surface area contributed by atoms with Gasteiger partial charge in [0.15, 0.2) is 5.58 Å². The fourth-order valence-electron chi connectivity index (χ4n) is 3.17. The average Bonchev–Trinajstić information content (AvgIpc) is 3.37. The van der Waals surface area contributed by atoms with E-state index in [2.05, 4.69) is 20.0 Å². The van der Waals surface area contributed by atoms with Gasteiger partial charge in [-0.2, -0.15) is 0 Å². The summed E-state index contributed by atoms with van der Waals surface area (Å²) >= 11 is 0. The second kappa shape index (κ2) is 9.24. The number of carbonyl (C=O) groups excluding carboxylic acids is 2. The van der Waals surface area contributed by atoms with Gasteiger partial charge in [0.05, 0.1) is 18.8 Å². The van der Waals surface area contributed by atoms with Gasteiger partial charge < -0.3 is 20.0 Å². The van der Waals surface area contributed by atoms with Crippen LogP contribution in [0.4, 0.5) is 0 Å². The van der Waals surface area contributed by atoms with E-state index in [4.69, 9.17) is 4.42 Å². The van der Waals surface area contributed by atoms with Crippen molar-refractivity contribution in [1.82, 2.24) is 20.5 Å². The summed E-state index contributed by atoms with van der Waals surface area (Å²) in [6.45, 7) is 2.87. The summed E-state index contributed by atoms with van der Waals surface area (Å²) in [6, 6.07) is 6.21. The standard InChI is InChI=1S/C19H25N5O5S/c1-3-13(17(26)18-22-14-8-4-5-9-15(14)29-18)21-16(25)12-20-19(23-30(2,27)28)24-10-6-7-11-24/h4-5,8-9,13H,3,6-7,10-12H2,1-2H3,(H,20,23)(H,21,25). The van der Waals surface area contributed by atoms with Crippen molar-refractivity contribution in [2.24, 2.45) is 4.40 Å². The average molecular weight is 436 g/mol. The lowest BCUT2D eigenvalue weighted by atomic mass is 10.1. The molecule has 1 aliphatic heterocycles. The molecule has 2 heterocycles. The van der Waals surface area contributed by atoms with Gasteiger partial charge >= 0.3 is 0 Å². The summed E-state index contributed by atoms with van der Waals surface area (Å²) in [5.41, 5.74) is 1.06. The highest BCUT2D eigenvalue weighted by Crippen LogP contribution is 2.16. The number of Topliss-reactive ketones (excluding diaryl/α,β-unsaturated/α-hetero) is 1. The number of benzene rings is 1. The number of sulfonamides is 1. The van der Waals surface area contributed by atoms with E-state index in [1.54, 1.807) is 36.1 Å². The molecular weight excluding hydrogens is 410 g/mol. The van der Waals surface area contributed by atoms with Crippen LogP contribution in [0.1, 0.15) is 36.9 Å². The van der Waals surface area contributed by atoms with Crippen LogP contribution in [0.5, 0.6) is 0 Å². The van der Waals surface area contributed by atoms with Gasteiger partial charge in [-0.25, -0.2) is 13.4 Å². The molecule has 0 bridgehead atoms. The molecule has 1 aromatic carbocycles. The van der Waals surface area contributed by atoms with Gasteiger partial charge in [0, 0.05) is 13.1 Å². The van der Waals surface area contributed by atoms with Crippen molar-refractivity contribution in [2.45, 2.75) is 32.2 Å². The monoisotopic (exact) mass is 435 g/mol. The quantitative estimate of drug-likeness (QED) is 0.372. The highest BCUT2D eigenvalue weighted by atomic mass is 32.2. The topological polar surface area (TPSA) is 134 Å². The predicted molar refractivity (Wildman–Crippen MR) is 112 cm³/mol. The number of carbonyl (C=O) groups is 2. The molecule has 0 saturated carbocycles.